The van der Waals surface area contributed by atoms with Crippen LogP contribution in [-0.2, 0) is 11.9 Å². The summed E-state index contributed by atoms with van der Waals surface area (Å²) in [5.74, 6) is 1.05. The van der Waals surface area contributed by atoms with Crippen LogP contribution in [0.3, 0.4) is 0 Å². The fourth-order valence-corrected chi connectivity index (χ4v) is 4.39. The van der Waals surface area contributed by atoms with Crippen molar-refractivity contribution in [3.05, 3.63) is 78.1 Å². The second-order valence-corrected chi connectivity index (χ2v) is 8.64. The van der Waals surface area contributed by atoms with E-state index in [9.17, 15) is 13.2 Å². The summed E-state index contributed by atoms with van der Waals surface area (Å²) >= 11 is 1.15. The first-order valence-corrected chi connectivity index (χ1v) is 11.7. The van der Waals surface area contributed by atoms with E-state index < -0.39 is 11.7 Å². The summed E-state index contributed by atoms with van der Waals surface area (Å²) in [5, 5.41) is 8.41. The molecule has 0 aliphatic rings. The number of benzene rings is 3. The van der Waals surface area contributed by atoms with Gasteiger partial charge in [-0.3, -0.25) is 4.57 Å². The third-order valence-corrected chi connectivity index (χ3v) is 6.37. The quantitative estimate of drug-likeness (QED) is 0.234. The van der Waals surface area contributed by atoms with Crippen LogP contribution in [0, 0.1) is 0 Å². The predicted octanol–water partition coefficient (Wildman–Crippen LogP) is 6.40. The number of hydrogen-bond acceptors (Lipinski definition) is 7. The fourth-order valence-electron chi connectivity index (χ4n) is 3.69. The summed E-state index contributed by atoms with van der Waals surface area (Å²) in [5.41, 5.74) is 2.89. The van der Waals surface area contributed by atoms with E-state index in [4.69, 9.17) is 13.9 Å². The van der Waals surface area contributed by atoms with Crippen molar-refractivity contribution in [1.82, 2.24) is 19.7 Å². The molecule has 11 heteroatoms. The molecule has 2 aromatic heterocycles. The minimum Gasteiger partial charge on any atom is -0.497 e. The van der Waals surface area contributed by atoms with Gasteiger partial charge in [-0.2, -0.15) is 13.2 Å². The first kappa shape index (κ1) is 23.7. The van der Waals surface area contributed by atoms with Gasteiger partial charge >= 0.3 is 6.18 Å². The number of aromatic nitrogens is 4. The lowest BCUT2D eigenvalue weighted by Gasteiger charge is -2.13. The van der Waals surface area contributed by atoms with Gasteiger partial charge in [0.15, 0.2) is 0 Å². The Balaban J connectivity index is 1.36. The summed E-state index contributed by atoms with van der Waals surface area (Å²) < 4.78 is 57.6. The van der Waals surface area contributed by atoms with Gasteiger partial charge in [0.2, 0.25) is 5.89 Å². The van der Waals surface area contributed by atoms with E-state index in [0.717, 1.165) is 40.3 Å². The number of alkyl halides is 3. The molecule has 0 spiro atoms. The normalized spacial score (nSPS) is 11.7. The molecule has 0 unspecified atom stereocenters. The van der Waals surface area contributed by atoms with Crippen molar-refractivity contribution in [3.8, 4) is 28.6 Å². The Morgan fingerprint density at radius 1 is 0.944 bits per heavy atom. The van der Waals surface area contributed by atoms with Crippen LogP contribution in [-0.4, -0.2) is 34.0 Å². The van der Waals surface area contributed by atoms with Crippen LogP contribution in [0.2, 0.25) is 0 Å². The average Bonchev–Trinajstić information content (AvgIpc) is 3.54. The van der Waals surface area contributed by atoms with Gasteiger partial charge in [0.1, 0.15) is 17.8 Å². The predicted molar refractivity (Wildman–Crippen MR) is 128 cm³/mol. The molecule has 3 aromatic carbocycles. The molecule has 5 aromatic rings. The van der Waals surface area contributed by atoms with E-state index >= 15 is 0 Å². The Morgan fingerprint density at radius 2 is 1.75 bits per heavy atom. The lowest BCUT2D eigenvalue weighted by Crippen LogP contribution is -2.08. The topological polar surface area (TPSA) is 75.2 Å². The Hall–Kier alpha value is -3.99. The Bertz CT molecular complexity index is 1510. The van der Waals surface area contributed by atoms with Gasteiger partial charge in [-0.15, -0.1) is 10.2 Å². The third-order valence-electron chi connectivity index (χ3n) is 5.48. The van der Waals surface area contributed by atoms with Crippen molar-refractivity contribution in [2.45, 2.75) is 17.2 Å². The number of hydrogen-bond donors (Lipinski definition) is 0. The third kappa shape index (κ3) is 4.74. The molecular formula is C25H19F3N4O3S. The number of thioether (sulfide) groups is 1. The second kappa shape index (κ2) is 9.57. The highest BCUT2D eigenvalue weighted by Crippen LogP contribution is 2.38. The van der Waals surface area contributed by atoms with Crippen LogP contribution in [0.5, 0.6) is 11.5 Å². The van der Waals surface area contributed by atoms with E-state index in [1.165, 1.54) is 13.2 Å². The maximum Gasteiger partial charge on any atom is 0.419 e. The molecule has 0 saturated carbocycles. The van der Waals surface area contributed by atoms with Gasteiger partial charge in [0, 0.05) is 17.0 Å². The van der Waals surface area contributed by atoms with Gasteiger partial charge in [-0.25, -0.2) is 4.98 Å². The number of halogens is 3. The summed E-state index contributed by atoms with van der Waals surface area (Å²) in [6, 6.07) is 17.1. The molecule has 0 bridgehead atoms. The highest BCUT2D eigenvalue weighted by molar-refractivity contribution is 7.98. The molecule has 0 saturated heterocycles. The van der Waals surface area contributed by atoms with E-state index in [1.54, 1.807) is 19.5 Å². The molecule has 0 aliphatic heterocycles. The van der Waals surface area contributed by atoms with Crippen molar-refractivity contribution in [3.63, 3.8) is 0 Å². The number of rotatable bonds is 7. The van der Waals surface area contributed by atoms with Crippen molar-refractivity contribution < 1.29 is 27.1 Å². The zero-order chi connectivity index (χ0) is 25.3. The highest BCUT2D eigenvalue weighted by Gasteiger charge is 2.34. The van der Waals surface area contributed by atoms with E-state index in [1.807, 2.05) is 47.0 Å². The molecule has 0 radical (unpaired) electrons. The van der Waals surface area contributed by atoms with E-state index in [-0.39, 0.29) is 16.7 Å². The summed E-state index contributed by atoms with van der Waals surface area (Å²) in [7, 11) is 2.82. The fraction of sp³-hybridized carbons (Fsp3) is 0.160. The molecule has 36 heavy (non-hydrogen) atoms. The number of fused-ring (bicyclic) bond motifs is 1. The van der Waals surface area contributed by atoms with E-state index in [0.29, 0.717) is 17.0 Å². The highest BCUT2D eigenvalue weighted by atomic mass is 32.2. The first-order chi connectivity index (χ1) is 17.4. The monoisotopic (exact) mass is 512 g/mol. The van der Waals surface area contributed by atoms with Crippen LogP contribution in [0.4, 0.5) is 13.2 Å². The lowest BCUT2D eigenvalue weighted by molar-refractivity contribution is -0.138. The summed E-state index contributed by atoms with van der Waals surface area (Å²) in [6.07, 6.45) is -2.78. The Labute approximate surface area is 207 Å². The standard InChI is InChI=1S/C25H19F3N4O3S/c1-33-18-7-5-17(6-8-18)32-14-29-20-9-4-16(12-21(20)32)23-30-31-24(35-23)36-13-15-3-10-22(34-2)19(11-15)25(26,27)28/h3-12,14H,13H2,1-2H3. The molecule has 5 rings (SSSR count). The van der Waals surface area contributed by atoms with Gasteiger partial charge in [0.05, 0.1) is 30.8 Å². The largest absolute Gasteiger partial charge is 0.497 e. The molecular weight excluding hydrogens is 493 g/mol. The van der Waals surface area contributed by atoms with Crippen molar-refractivity contribution in [2.24, 2.45) is 0 Å². The number of ether oxygens (including phenoxy) is 2. The first-order valence-electron chi connectivity index (χ1n) is 10.7. The second-order valence-electron chi connectivity index (χ2n) is 7.71. The summed E-state index contributed by atoms with van der Waals surface area (Å²) in [6.45, 7) is 0. The molecule has 184 valence electrons. The molecule has 0 fully saturated rings. The zero-order valence-corrected chi connectivity index (χ0v) is 19.9. The SMILES string of the molecule is COc1ccc(-n2cnc3ccc(-c4nnc(SCc5ccc(OC)c(C(F)(F)F)c5)o4)cc32)cc1. The number of methoxy groups -OCH3 is 2. The molecule has 2 heterocycles. The Morgan fingerprint density at radius 3 is 2.47 bits per heavy atom. The van der Waals surface area contributed by atoms with Crippen LogP contribution < -0.4 is 9.47 Å². The number of imidazole rings is 1. The maximum atomic E-state index is 13.3. The maximum absolute atomic E-state index is 13.3. The molecule has 0 aliphatic carbocycles. The van der Waals surface area contributed by atoms with Crippen LogP contribution in [0.15, 0.2) is 76.6 Å². The molecule has 0 atom stereocenters. The molecule has 7 nitrogen and oxygen atoms in total. The van der Waals surface area contributed by atoms with Gasteiger partial charge in [0.25, 0.3) is 5.22 Å². The summed E-state index contributed by atoms with van der Waals surface area (Å²) in [4.78, 5) is 4.45. The minimum absolute atomic E-state index is 0.220. The Kier molecular flexibility index (Phi) is 6.31. The van der Waals surface area contributed by atoms with Gasteiger partial charge < -0.3 is 13.9 Å². The van der Waals surface area contributed by atoms with Crippen molar-refractivity contribution in [1.29, 1.82) is 0 Å². The van der Waals surface area contributed by atoms with Crippen molar-refractivity contribution in [2.75, 3.05) is 14.2 Å². The van der Waals surface area contributed by atoms with Gasteiger partial charge in [-0.1, -0.05) is 17.8 Å². The average molecular weight is 513 g/mol. The van der Waals surface area contributed by atoms with Gasteiger partial charge in [-0.05, 0) is 60.2 Å². The molecule has 0 N–H and O–H groups in total. The van der Waals surface area contributed by atoms with E-state index in [2.05, 4.69) is 15.2 Å². The molecule has 0 amide bonds. The smallest absolute Gasteiger partial charge is 0.419 e. The lowest BCUT2D eigenvalue weighted by atomic mass is 10.1. The van der Waals surface area contributed by atoms with Crippen LogP contribution in [0.25, 0.3) is 28.2 Å². The van der Waals surface area contributed by atoms with Crippen molar-refractivity contribution >= 4 is 22.8 Å². The van der Waals surface area contributed by atoms with Crippen LogP contribution in [0.1, 0.15) is 11.1 Å². The zero-order valence-electron chi connectivity index (χ0n) is 19.1. The van der Waals surface area contributed by atoms with Crippen LogP contribution >= 0.6 is 11.8 Å². The number of nitrogens with zero attached hydrogens (tertiary/aromatic N) is 4. The minimum atomic E-state index is -4.51.